The summed E-state index contributed by atoms with van der Waals surface area (Å²) in [6.07, 6.45) is -1.12. The van der Waals surface area contributed by atoms with Gasteiger partial charge >= 0.3 is 23.9 Å². The summed E-state index contributed by atoms with van der Waals surface area (Å²) < 4.78 is 29.0. The van der Waals surface area contributed by atoms with Crippen LogP contribution in [0.25, 0.3) is 0 Å². The molecule has 0 saturated carbocycles. The molecule has 5 atom stereocenters. The zero-order chi connectivity index (χ0) is 31.8. The summed E-state index contributed by atoms with van der Waals surface area (Å²) in [6.45, 7) is 1.48. The molecule has 3 aromatic rings. The van der Waals surface area contributed by atoms with E-state index in [2.05, 4.69) is 0 Å². The van der Waals surface area contributed by atoms with E-state index in [1.807, 2.05) is 0 Å². The summed E-state index contributed by atoms with van der Waals surface area (Å²) in [5.74, 6) is -2.65. The summed E-state index contributed by atoms with van der Waals surface area (Å²) in [4.78, 5) is 53.6. The predicted molar refractivity (Wildman–Crippen MR) is 160 cm³/mol. The second-order valence-electron chi connectivity index (χ2n) is 10.1. The number of nitrogens with two attached hydrogens (primary N) is 1. The first kappa shape index (κ1) is 31.2. The molecule has 11 heteroatoms. The molecule has 45 heavy (non-hydrogen) atoms. The molecule has 5 unspecified atom stereocenters. The van der Waals surface area contributed by atoms with Crippen molar-refractivity contribution in [2.45, 2.75) is 37.6 Å². The minimum absolute atomic E-state index is 0.152. The van der Waals surface area contributed by atoms with Gasteiger partial charge in [-0.3, -0.25) is 0 Å². The third kappa shape index (κ3) is 7.46. The Kier molecular flexibility index (Phi) is 10.0. The number of esters is 4. The maximum absolute atomic E-state index is 13.4. The Morgan fingerprint density at radius 3 is 1.76 bits per heavy atom. The largest absolute Gasteiger partial charge is 0.462 e. The van der Waals surface area contributed by atoms with Crippen molar-refractivity contribution in [3.05, 3.63) is 132 Å². The highest BCUT2D eigenvalue weighted by atomic mass is 16.7. The quantitative estimate of drug-likeness (QED) is 0.265. The van der Waals surface area contributed by atoms with Crippen LogP contribution in [-0.2, 0) is 28.5 Å². The van der Waals surface area contributed by atoms with E-state index >= 15 is 0 Å². The Morgan fingerprint density at radius 1 is 0.711 bits per heavy atom. The van der Waals surface area contributed by atoms with Crippen molar-refractivity contribution in [2.24, 2.45) is 5.73 Å². The van der Waals surface area contributed by atoms with Gasteiger partial charge in [0.2, 0.25) is 0 Å². The summed E-state index contributed by atoms with van der Waals surface area (Å²) in [7, 11) is 0. The first-order chi connectivity index (χ1) is 21.9. The maximum Gasteiger partial charge on any atom is 0.339 e. The van der Waals surface area contributed by atoms with Gasteiger partial charge in [-0.05, 0) is 55.5 Å². The highest BCUT2D eigenvalue weighted by Gasteiger charge is 2.53. The van der Waals surface area contributed by atoms with E-state index in [1.165, 1.54) is 17.2 Å². The Bertz CT molecular complexity index is 1560. The van der Waals surface area contributed by atoms with E-state index in [4.69, 9.17) is 29.4 Å². The van der Waals surface area contributed by atoms with E-state index in [0.717, 1.165) is 0 Å². The van der Waals surface area contributed by atoms with E-state index < -0.39 is 54.6 Å². The highest BCUT2D eigenvalue weighted by Crippen LogP contribution is 2.33. The average Bonchev–Trinajstić information content (AvgIpc) is 3.40. The molecule has 11 nitrogen and oxygen atoms in total. The third-order valence-electron chi connectivity index (χ3n) is 7.09. The van der Waals surface area contributed by atoms with Crippen LogP contribution in [0.15, 0.2) is 115 Å². The molecule has 0 radical (unpaired) electrons. The van der Waals surface area contributed by atoms with Gasteiger partial charge in [-0.25, -0.2) is 19.2 Å². The van der Waals surface area contributed by atoms with Crippen molar-refractivity contribution in [2.75, 3.05) is 13.2 Å². The van der Waals surface area contributed by atoms with Crippen LogP contribution in [0.4, 0.5) is 0 Å². The van der Waals surface area contributed by atoms with Gasteiger partial charge < -0.3 is 34.3 Å². The molecule has 1 saturated heterocycles. The Hall–Kier alpha value is -5.26. The molecule has 0 aromatic heterocycles. The molecular weight excluding hydrogens is 580 g/mol. The van der Waals surface area contributed by atoms with Gasteiger partial charge in [-0.1, -0.05) is 54.6 Å². The lowest BCUT2D eigenvalue weighted by Gasteiger charge is -2.36. The van der Waals surface area contributed by atoms with Gasteiger partial charge in [0.15, 0.2) is 18.4 Å². The Morgan fingerprint density at radius 2 is 1.22 bits per heavy atom. The van der Waals surface area contributed by atoms with Crippen LogP contribution in [0, 0.1) is 0 Å². The minimum Gasteiger partial charge on any atom is -0.462 e. The van der Waals surface area contributed by atoms with Gasteiger partial charge in [0.25, 0.3) is 0 Å². The summed E-state index contributed by atoms with van der Waals surface area (Å²) in [6, 6.07) is 24.9. The molecule has 5 rings (SSSR count). The number of rotatable bonds is 10. The van der Waals surface area contributed by atoms with Crippen LogP contribution in [0.5, 0.6) is 0 Å². The number of nitrogens with zero attached hydrogens (tertiary/aromatic N) is 1. The number of benzene rings is 3. The zero-order valence-electron chi connectivity index (χ0n) is 24.4. The van der Waals surface area contributed by atoms with E-state index in [-0.39, 0.29) is 29.9 Å². The number of carbonyl (C=O) groups excluding carboxylic acids is 4. The molecule has 2 aliphatic rings. The zero-order valence-corrected chi connectivity index (χ0v) is 24.4. The summed E-state index contributed by atoms with van der Waals surface area (Å²) >= 11 is 0. The van der Waals surface area contributed by atoms with Crippen LogP contribution in [-0.4, -0.2) is 72.7 Å². The predicted octanol–water partition coefficient (Wildman–Crippen LogP) is 3.62. The maximum atomic E-state index is 13.4. The Balaban J connectivity index is 1.50. The van der Waals surface area contributed by atoms with Crippen molar-refractivity contribution < 1.29 is 42.9 Å². The second-order valence-corrected chi connectivity index (χ2v) is 10.1. The number of hydrogen-bond acceptors (Lipinski definition) is 11. The molecule has 2 heterocycles. The van der Waals surface area contributed by atoms with Crippen molar-refractivity contribution in [1.29, 1.82) is 0 Å². The SMILES string of the molecule is CCOC(=O)C1=CN(C2OC(COC(=O)c3ccccc3)C(OC(=O)c3ccccc3)C2OC(=O)c2ccccc2)C(N)C=C1. The lowest BCUT2D eigenvalue weighted by Crippen LogP contribution is -2.52. The molecule has 0 bridgehead atoms. The first-order valence-electron chi connectivity index (χ1n) is 14.4. The highest BCUT2D eigenvalue weighted by molar-refractivity contribution is 5.92. The smallest absolute Gasteiger partial charge is 0.339 e. The topological polar surface area (TPSA) is 144 Å². The summed E-state index contributed by atoms with van der Waals surface area (Å²) in [5, 5.41) is 0. The minimum atomic E-state index is -1.27. The molecule has 0 spiro atoms. The Labute approximate surface area is 259 Å². The van der Waals surface area contributed by atoms with Crippen molar-refractivity contribution in [1.82, 2.24) is 4.90 Å². The van der Waals surface area contributed by atoms with Crippen LogP contribution in [0.1, 0.15) is 38.0 Å². The molecule has 2 N–H and O–H groups in total. The molecule has 3 aromatic carbocycles. The third-order valence-corrected chi connectivity index (χ3v) is 7.09. The first-order valence-corrected chi connectivity index (χ1v) is 14.4. The number of hydrogen-bond donors (Lipinski definition) is 1. The van der Waals surface area contributed by atoms with Gasteiger partial charge in [0.05, 0.1) is 35.0 Å². The fraction of sp³-hybridized carbons (Fsp3) is 0.235. The number of ether oxygens (including phenoxy) is 5. The van der Waals surface area contributed by atoms with Crippen LogP contribution < -0.4 is 5.73 Å². The fourth-order valence-corrected chi connectivity index (χ4v) is 4.87. The number of carbonyl (C=O) groups is 4. The van der Waals surface area contributed by atoms with Crippen LogP contribution in [0.2, 0.25) is 0 Å². The molecule has 0 aliphatic carbocycles. The van der Waals surface area contributed by atoms with Gasteiger partial charge in [0.1, 0.15) is 12.7 Å². The van der Waals surface area contributed by atoms with E-state index in [9.17, 15) is 19.2 Å². The van der Waals surface area contributed by atoms with Gasteiger partial charge in [-0.2, -0.15) is 0 Å². The van der Waals surface area contributed by atoms with Gasteiger partial charge in [-0.15, -0.1) is 0 Å². The van der Waals surface area contributed by atoms with Gasteiger partial charge in [0, 0.05) is 6.20 Å². The monoisotopic (exact) mass is 612 g/mol. The van der Waals surface area contributed by atoms with Crippen LogP contribution >= 0.6 is 0 Å². The van der Waals surface area contributed by atoms with Crippen LogP contribution in [0.3, 0.4) is 0 Å². The van der Waals surface area contributed by atoms with E-state index in [0.29, 0.717) is 5.56 Å². The average molecular weight is 613 g/mol. The molecule has 0 amide bonds. The molecule has 2 aliphatic heterocycles. The second kappa shape index (κ2) is 14.5. The van der Waals surface area contributed by atoms with E-state index in [1.54, 1.807) is 104 Å². The van der Waals surface area contributed by atoms with Crippen molar-refractivity contribution in [3.8, 4) is 0 Å². The normalized spacial score (nSPS) is 22.2. The molecular formula is C34H32N2O9. The fourth-order valence-electron chi connectivity index (χ4n) is 4.87. The van der Waals surface area contributed by atoms with Crippen molar-refractivity contribution >= 4 is 23.9 Å². The summed E-state index contributed by atoms with van der Waals surface area (Å²) in [5.41, 5.74) is 7.38. The molecule has 1 fully saturated rings. The molecule has 232 valence electrons. The lowest BCUT2D eigenvalue weighted by molar-refractivity contribution is -0.138. The lowest BCUT2D eigenvalue weighted by atomic mass is 10.1. The van der Waals surface area contributed by atoms with Crippen molar-refractivity contribution in [3.63, 3.8) is 0 Å². The standard InChI is InChI=1S/C34H32N2O9/c1-2-41-32(38)25-18-19-27(35)36(20-25)30-29(45-34(40)24-16-10-5-11-17-24)28(44-33(39)23-14-8-4-9-15-23)26(43-30)21-42-31(37)22-12-6-3-7-13-22/h3-20,26-30H,2,21,35H2,1H3.